The van der Waals surface area contributed by atoms with E-state index in [1.54, 1.807) is 0 Å². The molecule has 1 aliphatic rings. The zero-order chi connectivity index (χ0) is 14.5. The van der Waals surface area contributed by atoms with Gasteiger partial charge in [0.2, 0.25) is 0 Å². The number of hydrogen-bond acceptors (Lipinski definition) is 4. The van der Waals surface area contributed by atoms with E-state index in [1.807, 2.05) is 25.1 Å². The van der Waals surface area contributed by atoms with Crippen molar-refractivity contribution in [1.29, 1.82) is 0 Å². The predicted octanol–water partition coefficient (Wildman–Crippen LogP) is 2.48. The van der Waals surface area contributed by atoms with Crippen LogP contribution >= 0.6 is 36.4 Å². The number of rotatable bonds is 5. The van der Waals surface area contributed by atoms with Crippen LogP contribution in [0.15, 0.2) is 18.2 Å². The fourth-order valence-corrected chi connectivity index (χ4v) is 2.40. The largest absolute Gasteiger partial charge is 0.491 e. The normalized spacial score (nSPS) is 17.3. The van der Waals surface area contributed by atoms with Crippen molar-refractivity contribution in [2.24, 2.45) is 0 Å². The molecular formula is C15H25Cl3N2O2. The van der Waals surface area contributed by atoms with Crippen LogP contribution in [0.5, 0.6) is 5.75 Å². The van der Waals surface area contributed by atoms with Crippen LogP contribution in [0.1, 0.15) is 5.56 Å². The molecule has 0 radical (unpaired) electrons. The molecule has 0 spiro atoms. The van der Waals surface area contributed by atoms with Crippen molar-refractivity contribution in [2.45, 2.75) is 13.0 Å². The lowest BCUT2D eigenvalue weighted by atomic mass is 10.2. The lowest BCUT2D eigenvalue weighted by Gasteiger charge is -2.33. The molecule has 1 aromatic rings. The van der Waals surface area contributed by atoms with E-state index in [9.17, 15) is 5.11 Å². The van der Waals surface area contributed by atoms with Crippen LogP contribution in [-0.4, -0.2) is 67.4 Å². The van der Waals surface area contributed by atoms with Gasteiger partial charge in [0.15, 0.2) is 0 Å². The number of aliphatic hydroxyl groups is 1. The van der Waals surface area contributed by atoms with Gasteiger partial charge >= 0.3 is 0 Å². The third-order valence-electron chi connectivity index (χ3n) is 3.64. The standard InChI is InChI=1S/C15H23ClN2O2.2ClH/c1-12-9-14(3-4-15(12)16)20-11-13(19)10-18-7-5-17(2)6-8-18;;/h3-4,9,13,19H,5-8,10-11H2,1-2H3;2*1H. The molecule has 0 amide bonds. The van der Waals surface area contributed by atoms with Gasteiger partial charge in [-0.2, -0.15) is 0 Å². The van der Waals surface area contributed by atoms with Gasteiger partial charge in [0.1, 0.15) is 18.5 Å². The van der Waals surface area contributed by atoms with E-state index < -0.39 is 6.10 Å². The van der Waals surface area contributed by atoms with Crippen molar-refractivity contribution in [3.8, 4) is 5.75 Å². The Balaban J connectivity index is 0.00000220. The lowest BCUT2D eigenvalue weighted by Crippen LogP contribution is -2.47. The number of halogens is 3. The third-order valence-corrected chi connectivity index (χ3v) is 4.06. The Labute approximate surface area is 150 Å². The number of β-amino-alcohol motifs (C(OH)–C–C–N with tert-alkyl or cyclic N) is 1. The first kappa shape index (κ1) is 21.8. The van der Waals surface area contributed by atoms with Gasteiger partial charge in [-0.05, 0) is 37.7 Å². The average molecular weight is 372 g/mol. The minimum atomic E-state index is -0.464. The molecule has 0 aliphatic carbocycles. The highest BCUT2D eigenvalue weighted by molar-refractivity contribution is 6.31. The molecule has 0 aromatic heterocycles. The summed E-state index contributed by atoms with van der Waals surface area (Å²) in [5.41, 5.74) is 0.984. The molecule has 128 valence electrons. The van der Waals surface area contributed by atoms with E-state index in [-0.39, 0.29) is 24.8 Å². The van der Waals surface area contributed by atoms with Crippen molar-refractivity contribution in [2.75, 3.05) is 46.4 Å². The maximum atomic E-state index is 10.0. The van der Waals surface area contributed by atoms with E-state index >= 15 is 0 Å². The summed E-state index contributed by atoms with van der Waals surface area (Å²) in [6, 6.07) is 5.54. The fraction of sp³-hybridized carbons (Fsp3) is 0.600. The van der Waals surface area contributed by atoms with Crippen LogP contribution in [0, 0.1) is 6.92 Å². The van der Waals surface area contributed by atoms with Gasteiger partial charge in [-0.3, -0.25) is 4.90 Å². The van der Waals surface area contributed by atoms with Gasteiger partial charge in [0, 0.05) is 37.7 Å². The summed E-state index contributed by atoms with van der Waals surface area (Å²) in [5.74, 6) is 0.754. The first-order valence-corrected chi connectivity index (χ1v) is 7.40. The number of ether oxygens (including phenoxy) is 1. The highest BCUT2D eigenvalue weighted by Crippen LogP contribution is 2.21. The summed E-state index contributed by atoms with van der Waals surface area (Å²) in [4.78, 5) is 4.58. The number of piperazine rings is 1. The molecule has 2 rings (SSSR count). The Morgan fingerprint density at radius 2 is 1.86 bits per heavy atom. The summed E-state index contributed by atoms with van der Waals surface area (Å²) in [7, 11) is 2.12. The molecule has 22 heavy (non-hydrogen) atoms. The number of nitrogens with zero attached hydrogens (tertiary/aromatic N) is 2. The number of aliphatic hydroxyl groups excluding tert-OH is 1. The molecule has 1 heterocycles. The summed E-state index contributed by atoms with van der Waals surface area (Å²) in [5, 5.41) is 10.8. The van der Waals surface area contributed by atoms with E-state index in [2.05, 4.69) is 16.8 Å². The van der Waals surface area contributed by atoms with Crippen molar-refractivity contribution >= 4 is 36.4 Å². The van der Waals surface area contributed by atoms with Gasteiger partial charge in [-0.25, -0.2) is 0 Å². The summed E-state index contributed by atoms with van der Waals surface area (Å²) in [6.45, 7) is 7.05. The molecule has 1 aromatic carbocycles. The van der Waals surface area contributed by atoms with Gasteiger partial charge in [-0.1, -0.05) is 11.6 Å². The maximum absolute atomic E-state index is 10.0. The Morgan fingerprint density at radius 1 is 1.23 bits per heavy atom. The van der Waals surface area contributed by atoms with Crippen molar-refractivity contribution in [3.05, 3.63) is 28.8 Å². The first-order chi connectivity index (χ1) is 9.54. The van der Waals surface area contributed by atoms with Gasteiger partial charge < -0.3 is 14.7 Å². The fourth-order valence-electron chi connectivity index (χ4n) is 2.28. The Morgan fingerprint density at radius 3 is 2.45 bits per heavy atom. The minimum Gasteiger partial charge on any atom is -0.491 e. The highest BCUT2D eigenvalue weighted by Gasteiger charge is 2.17. The SMILES string of the molecule is Cc1cc(OCC(O)CN2CCN(C)CC2)ccc1Cl.Cl.Cl. The second kappa shape index (κ2) is 10.5. The second-order valence-electron chi connectivity index (χ2n) is 5.48. The molecule has 4 nitrogen and oxygen atoms in total. The summed E-state index contributed by atoms with van der Waals surface area (Å²) < 4.78 is 5.62. The molecule has 1 fully saturated rings. The molecule has 0 saturated carbocycles. The Bertz CT molecular complexity index is 441. The topological polar surface area (TPSA) is 35.9 Å². The van der Waals surface area contributed by atoms with Crippen LogP contribution in [0.2, 0.25) is 5.02 Å². The molecule has 1 N–H and O–H groups in total. The second-order valence-corrected chi connectivity index (χ2v) is 5.89. The van der Waals surface area contributed by atoms with E-state index in [0.29, 0.717) is 13.2 Å². The maximum Gasteiger partial charge on any atom is 0.119 e. The van der Waals surface area contributed by atoms with Crippen LogP contribution in [0.25, 0.3) is 0 Å². The van der Waals surface area contributed by atoms with Crippen molar-refractivity contribution in [1.82, 2.24) is 9.80 Å². The minimum absolute atomic E-state index is 0. The van der Waals surface area contributed by atoms with E-state index in [1.165, 1.54) is 0 Å². The lowest BCUT2D eigenvalue weighted by molar-refractivity contribution is 0.0504. The third kappa shape index (κ3) is 6.90. The molecule has 7 heteroatoms. The van der Waals surface area contributed by atoms with E-state index in [4.69, 9.17) is 16.3 Å². The molecule has 0 bridgehead atoms. The number of benzene rings is 1. The smallest absolute Gasteiger partial charge is 0.119 e. The van der Waals surface area contributed by atoms with Crippen molar-refractivity contribution < 1.29 is 9.84 Å². The molecular weight excluding hydrogens is 347 g/mol. The van der Waals surface area contributed by atoms with Gasteiger partial charge in [-0.15, -0.1) is 24.8 Å². The molecule has 1 aliphatic heterocycles. The monoisotopic (exact) mass is 370 g/mol. The number of likely N-dealkylation sites (N-methyl/N-ethyl adjacent to an activating group) is 1. The molecule has 1 atom stereocenters. The van der Waals surface area contributed by atoms with Gasteiger partial charge in [0.05, 0.1) is 0 Å². The number of hydrogen-bond donors (Lipinski definition) is 1. The Kier molecular flexibility index (Phi) is 10.4. The zero-order valence-electron chi connectivity index (χ0n) is 13.0. The summed E-state index contributed by atoms with van der Waals surface area (Å²) in [6.07, 6.45) is -0.464. The Hall–Kier alpha value is -0.230. The first-order valence-electron chi connectivity index (χ1n) is 7.02. The van der Waals surface area contributed by atoms with Crippen LogP contribution in [-0.2, 0) is 0 Å². The quantitative estimate of drug-likeness (QED) is 0.862. The summed E-state index contributed by atoms with van der Waals surface area (Å²) >= 11 is 5.97. The van der Waals surface area contributed by atoms with Crippen molar-refractivity contribution in [3.63, 3.8) is 0 Å². The van der Waals surface area contributed by atoms with Gasteiger partial charge in [0.25, 0.3) is 0 Å². The molecule has 1 unspecified atom stereocenters. The highest BCUT2D eigenvalue weighted by atomic mass is 35.5. The van der Waals surface area contributed by atoms with Crippen LogP contribution in [0.3, 0.4) is 0 Å². The van der Waals surface area contributed by atoms with Crippen LogP contribution in [0.4, 0.5) is 0 Å². The molecule has 1 saturated heterocycles. The average Bonchev–Trinajstić information content (AvgIpc) is 2.43. The zero-order valence-corrected chi connectivity index (χ0v) is 15.4. The number of aryl methyl sites for hydroxylation is 1. The predicted molar refractivity (Wildman–Crippen MR) is 96.1 cm³/mol. The van der Waals surface area contributed by atoms with E-state index in [0.717, 1.165) is 42.5 Å². The van der Waals surface area contributed by atoms with Crippen LogP contribution < -0.4 is 4.74 Å².